The third kappa shape index (κ3) is 1.16. The van der Waals surface area contributed by atoms with Crippen molar-refractivity contribution in [3.05, 3.63) is 54.1 Å². The molecule has 2 heterocycles. The first-order valence-corrected chi connectivity index (χ1v) is 5.78. The smallest absolute Gasteiger partial charge is 0.139 e. The Hall–Kier alpha value is -2.16. The predicted octanol–water partition coefficient (Wildman–Crippen LogP) is 2.29. The van der Waals surface area contributed by atoms with Crippen LogP contribution in [0.4, 0.5) is 5.69 Å². The van der Waals surface area contributed by atoms with E-state index in [0.717, 1.165) is 17.1 Å². The summed E-state index contributed by atoms with van der Waals surface area (Å²) in [6, 6.07) is 8.68. The van der Waals surface area contributed by atoms with E-state index in [-0.39, 0.29) is 6.04 Å². The van der Waals surface area contributed by atoms with Crippen LogP contribution in [-0.2, 0) is 0 Å². The maximum Gasteiger partial charge on any atom is 0.139 e. The Balaban J connectivity index is 1.89. The highest BCUT2D eigenvalue weighted by Gasteiger charge is 2.36. The number of nitrogens with zero attached hydrogens (tertiary/aromatic N) is 3. The quantitative estimate of drug-likeness (QED) is 0.660. The molecule has 0 spiro atoms. The van der Waals surface area contributed by atoms with Gasteiger partial charge in [0.05, 0.1) is 24.1 Å². The number of aliphatic imine (C=N–C) groups is 2. The molecule has 3 aliphatic rings. The molecule has 17 heavy (non-hydrogen) atoms. The van der Waals surface area contributed by atoms with E-state index < -0.39 is 0 Å². The summed E-state index contributed by atoms with van der Waals surface area (Å²) in [6.45, 7) is 0. The van der Waals surface area contributed by atoms with Crippen molar-refractivity contribution in [1.29, 1.82) is 0 Å². The molecule has 0 aromatic heterocycles. The van der Waals surface area contributed by atoms with Gasteiger partial charge < -0.3 is 4.90 Å². The molecule has 1 aromatic carbocycles. The Morgan fingerprint density at radius 3 is 2.94 bits per heavy atom. The standard InChI is InChI=1S/C14H11N3/c1-2-6-11-10(5-1)14-16-12-7-3-4-8-13(12)17(14)9-15-11/h1-9,12-13H. The molecule has 0 amide bonds. The molecule has 0 bridgehead atoms. The van der Waals surface area contributed by atoms with E-state index in [9.17, 15) is 0 Å². The van der Waals surface area contributed by atoms with E-state index in [0.29, 0.717) is 6.04 Å². The molecular formula is C14H11N3. The molecule has 3 heteroatoms. The van der Waals surface area contributed by atoms with Crippen LogP contribution in [0.1, 0.15) is 5.56 Å². The summed E-state index contributed by atoms with van der Waals surface area (Å²) < 4.78 is 0. The van der Waals surface area contributed by atoms with Gasteiger partial charge in [0.15, 0.2) is 0 Å². The third-order valence-electron chi connectivity index (χ3n) is 3.38. The lowest BCUT2D eigenvalue weighted by Gasteiger charge is -2.27. The summed E-state index contributed by atoms with van der Waals surface area (Å²) in [4.78, 5) is 11.4. The van der Waals surface area contributed by atoms with E-state index in [2.05, 4.69) is 40.3 Å². The summed E-state index contributed by atoms with van der Waals surface area (Å²) in [5, 5.41) is 0. The van der Waals surface area contributed by atoms with Gasteiger partial charge in [-0.15, -0.1) is 0 Å². The fourth-order valence-electron chi connectivity index (χ4n) is 2.55. The fourth-order valence-corrected chi connectivity index (χ4v) is 2.55. The molecule has 1 aliphatic carbocycles. The molecule has 1 aromatic rings. The molecule has 2 aliphatic heterocycles. The minimum absolute atomic E-state index is 0.229. The van der Waals surface area contributed by atoms with Crippen molar-refractivity contribution >= 4 is 17.9 Å². The molecule has 2 atom stereocenters. The number of hydrogen-bond acceptors (Lipinski definition) is 3. The SMILES string of the molecule is C1=CC2N=C3c4ccccc4N=CN3C2C=C1. The van der Waals surface area contributed by atoms with Gasteiger partial charge in [0.25, 0.3) is 0 Å². The van der Waals surface area contributed by atoms with Crippen molar-refractivity contribution in [2.45, 2.75) is 12.1 Å². The highest BCUT2D eigenvalue weighted by atomic mass is 15.3. The van der Waals surface area contributed by atoms with Gasteiger partial charge in [-0.1, -0.05) is 36.4 Å². The lowest BCUT2D eigenvalue weighted by molar-refractivity contribution is 0.524. The Kier molecular flexibility index (Phi) is 1.66. The molecule has 0 saturated carbocycles. The average Bonchev–Trinajstić information content (AvgIpc) is 2.78. The molecule has 2 unspecified atom stereocenters. The Morgan fingerprint density at radius 1 is 1.06 bits per heavy atom. The van der Waals surface area contributed by atoms with Crippen LogP contribution in [0.5, 0.6) is 0 Å². The van der Waals surface area contributed by atoms with Crippen LogP contribution < -0.4 is 0 Å². The number of fused-ring (bicyclic) bond motifs is 5. The lowest BCUT2D eigenvalue weighted by Crippen LogP contribution is -2.39. The van der Waals surface area contributed by atoms with Crippen LogP contribution in [0.3, 0.4) is 0 Å². The van der Waals surface area contributed by atoms with E-state index in [1.165, 1.54) is 0 Å². The van der Waals surface area contributed by atoms with Crippen molar-refractivity contribution in [3.8, 4) is 0 Å². The zero-order valence-electron chi connectivity index (χ0n) is 9.19. The minimum Gasteiger partial charge on any atom is -0.307 e. The topological polar surface area (TPSA) is 28.0 Å². The number of hydrogen-bond donors (Lipinski definition) is 0. The molecule has 3 nitrogen and oxygen atoms in total. The summed E-state index contributed by atoms with van der Waals surface area (Å²) in [6.07, 6.45) is 10.4. The summed E-state index contributed by atoms with van der Waals surface area (Å²) >= 11 is 0. The molecule has 0 fully saturated rings. The first-order valence-electron chi connectivity index (χ1n) is 5.78. The number of rotatable bonds is 0. The Morgan fingerprint density at radius 2 is 1.94 bits per heavy atom. The van der Waals surface area contributed by atoms with Gasteiger partial charge in [-0.2, -0.15) is 0 Å². The predicted molar refractivity (Wildman–Crippen MR) is 68.8 cm³/mol. The maximum atomic E-state index is 4.79. The Labute approximate surface area is 99.5 Å². The first kappa shape index (κ1) is 8.93. The van der Waals surface area contributed by atoms with E-state index in [4.69, 9.17) is 4.99 Å². The summed E-state index contributed by atoms with van der Waals surface area (Å²) in [7, 11) is 0. The number of allylic oxidation sites excluding steroid dienone is 2. The molecule has 0 radical (unpaired) electrons. The normalized spacial score (nSPS) is 27.5. The van der Waals surface area contributed by atoms with Gasteiger partial charge >= 0.3 is 0 Å². The van der Waals surface area contributed by atoms with Crippen LogP contribution in [0, 0.1) is 0 Å². The number of benzene rings is 1. The zero-order valence-corrected chi connectivity index (χ0v) is 9.19. The largest absolute Gasteiger partial charge is 0.307 e. The molecular weight excluding hydrogens is 210 g/mol. The number of para-hydroxylation sites is 1. The van der Waals surface area contributed by atoms with E-state index >= 15 is 0 Å². The molecule has 82 valence electrons. The van der Waals surface area contributed by atoms with Crippen molar-refractivity contribution < 1.29 is 0 Å². The van der Waals surface area contributed by atoms with Gasteiger partial charge in [-0.25, -0.2) is 4.99 Å². The van der Waals surface area contributed by atoms with Gasteiger partial charge in [0.2, 0.25) is 0 Å². The summed E-state index contributed by atoms with van der Waals surface area (Å²) in [5.41, 5.74) is 2.14. The monoisotopic (exact) mass is 221 g/mol. The Bertz CT molecular complexity index is 595. The van der Waals surface area contributed by atoms with Crippen molar-refractivity contribution in [2.75, 3.05) is 0 Å². The van der Waals surface area contributed by atoms with Crippen molar-refractivity contribution in [2.24, 2.45) is 9.98 Å². The summed E-state index contributed by atoms with van der Waals surface area (Å²) in [5.74, 6) is 1.04. The van der Waals surface area contributed by atoms with Crippen LogP contribution in [0.25, 0.3) is 0 Å². The van der Waals surface area contributed by atoms with Crippen LogP contribution in [-0.4, -0.2) is 29.2 Å². The average molecular weight is 221 g/mol. The van der Waals surface area contributed by atoms with Crippen molar-refractivity contribution in [3.63, 3.8) is 0 Å². The molecule has 0 N–H and O–H groups in total. The second-order valence-corrected chi connectivity index (χ2v) is 4.37. The zero-order chi connectivity index (χ0) is 11.2. The van der Waals surface area contributed by atoms with Gasteiger partial charge in [-0.3, -0.25) is 4.99 Å². The van der Waals surface area contributed by atoms with Gasteiger partial charge in [-0.05, 0) is 12.1 Å². The van der Waals surface area contributed by atoms with Crippen LogP contribution in [0.2, 0.25) is 0 Å². The lowest BCUT2D eigenvalue weighted by atomic mass is 10.0. The second-order valence-electron chi connectivity index (χ2n) is 4.37. The highest BCUT2D eigenvalue weighted by Crippen LogP contribution is 2.32. The molecule has 0 saturated heterocycles. The fraction of sp³-hybridized carbons (Fsp3) is 0.143. The highest BCUT2D eigenvalue weighted by molar-refractivity contribution is 6.12. The van der Waals surface area contributed by atoms with Crippen LogP contribution >= 0.6 is 0 Å². The van der Waals surface area contributed by atoms with Crippen molar-refractivity contribution in [1.82, 2.24) is 4.90 Å². The minimum atomic E-state index is 0.229. The van der Waals surface area contributed by atoms with Gasteiger partial charge in [0.1, 0.15) is 5.84 Å². The number of amidine groups is 1. The first-order chi connectivity index (χ1) is 8.43. The third-order valence-corrected chi connectivity index (χ3v) is 3.38. The van der Waals surface area contributed by atoms with E-state index in [1.807, 2.05) is 24.5 Å². The van der Waals surface area contributed by atoms with Crippen LogP contribution in [0.15, 0.2) is 58.6 Å². The molecule has 4 rings (SSSR count). The van der Waals surface area contributed by atoms with E-state index in [1.54, 1.807) is 0 Å². The maximum absolute atomic E-state index is 4.79. The second kappa shape index (κ2) is 3.17. The van der Waals surface area contributed by atoms with Gasteiger partial charge in [0, 0.05) is 5.56 Å².